The van der Waals surface area contributed by atoms with Crippen molar-refractivity contribution in [3.63, 3.8) is 0 Å². The van der Waals surface area contributed by atoms with E-state index in [4.69, 9.17) is 5.11 Å². The summed E-state index contributed by atoms with van der Waals surface area (Å²) in [5, 5.41) is 20.3. The van der Waals surface area contributed by atoms with Gasteiger partial charge in [-0.1, -0.05) is 6.07 Å². The quantitative estimate of drug-likeness (QED) is 0.803. The van der Waals surface area contributed by atoms with E-state index in [0.29, 0.717) is 0 Å². The fourth-order valence-corrected chi connectivity index (χ4v) is 1.60. The van der Waals surface area contributed by atoms with Crippen molar-refractivity contribution in [3.05, 3.63) is 59.4 Å². The van der Waals surface area contributed by atoms with Crippen molar-refractivity contribution in [1.29, 1.82) is 0 Å². The number of amides is 1. The number of phenolic OH excluding ortho intramolecular Hbond substituents is 1. The van der Waals surface area contributed by atoms with Crippen LogP contribution in [-0.2, 0) is 0 Å². The molecule has 0 aromatic heterocycles. The molecule has 0 heterocycles. The number of aromatic hydroxyl groups is 1. The summed E-state index contributed by atoms with van der Waals surface area (Å²) in [6.07, 6.45) is 0. The van der Waals surface area contributed by atoms with Crippen molar-refractivity contribution >= 4 is 17.6 Å². The number of phenols is 1. The summed E-state index contributed by atoms with van der Waals surface area (Å²) >= 11 is 0. The van der Waals surface area contributed by atoms with Gasteiger partial charge in [-0.3, -0.25) is 4.79 Å². The molecule has 0 atom stereocenters. The molecular formula is C14H10FNO4. The standard InChI is InChI=1S/C14H10FNO4/c15-11-5-4-9(14(19)20)7-12(11)16-13(18)8-2-1-3-10(17)6-8/h1-7,17H,(H,16,18)(H,19,20). The lowest BCUT2D eigenvalue weighted by molar-refractivity contribution is 0.0696. The SMILES string of the molecule is O=C(O)c1ccc(F)c(NC(=O)c2cccc(O)c2)c1. The Morgan fingerprint density at radius 3 is 2.45 bits per heavy atom. The van der Waals surface area contributed by atoms with E-state index in [1.807, 2.05) is 0 Å². The molecule has 2 aromatic rings. The van der Waals surface area contributed by atoms with E-state index < -0.39 is 17.7 Å². The molecule has 0 spiro atoms. The van der Waals surface area contributed by atoms with Gasteiger partial charge in [-0.05, 0) is 36.4 Å². The zero-order valence-electron chi connectivity index (χ0n) is 10.1. The lowest BCUT2D eigenvalue weighted by atomic mass is 10.1. The number of halogens is 1. The van der Waals surface area contributed by atoms with E-state index in [-0.39, 0.29) is 22.6 Å². The molecule has 6 heteroatoms. The number of hydrogen-bond donors (Lipinski definition) is 3. The minimum Gasteiger partial charge on any atom is -0.508 e. The van der Waals surface area contributed by atoms with Crippen LogP contribution >= 0.6 is 0 Å². The molecule has 0 unspecified atom stereocenters. The number of aromatic carboxylic acids is 1. The van der Waals surface area contributed by atoms with Crippen molar-refractivity contribution in [2.45, 2.75) is 0 Å². The molecule has 1 amide bonds. The van der Waals surface area contributed by atoms with Crippen molar-refractivity contribution in [1.82, 2.24) is 0 Å². The average Bonchev–Trinajstić information content (AvgIpc) is 2.41. The second-order valence-corrected chi connectivity index (χ2v) is 4.00. The number of nitrogens with one attached hydrogen (secondary N) is 1. The number of carboxylic acid groups (broad SMARTS) is 1. The van der Waals surface area contributed by atoms with Crippen molar-refractivity contribution in [3.8, 4) is 5.75 Å². The van der Waals surface area contributed by atoms with Crippen LogP contribution in [0.2, 0.25) is 0 Å². The zero-order valence-corrected chi connectivity index (χ0v) is 10.1. The lowest BCUT2D eigenvalue weighted by Gasteiger charge is -2.07. The predicted octanol–water partition coefficient (Wildman–Crippen LogP) is 2.48. The van der Waals surface area contributed by atoms with Gasteiger partial charge in [0.25, 0.3) is 5.91 Å². The summed E-state index contributed by atoms with van der Waals surface area (Å²) in [5.74, 6) is -2.72. The van der Waals surface area contributed by atoms with Gasteiger partial charge in [-0.25, -0.2) is 9.18 Å². The molecule has 0 aliphatic carbocycles. The molecule has 5 nitrogen and oxygen atoms in total. The van der Waals surface area contributed by atoms with E-state index in [1.165, 1.54) is 24.3 Å². The van der Waals surface area contributed by atoms with Gasteiger partial charge in [-0.15, -0.1) is 0 Å². The molecule has 0 bridgehead atoms. The van der Waals surface area contributed by atoms with Crippen molar-refractivity contribution in [2.75, 3.05) is 5.32 Å². The Bertz CT molecular complexity index is 685. The minimum absolute atomic E-state index is 0.0996. The summed E-state index contributed by atoms with van der Waals surface area (Å²) in [5.41, 5.74) is -0.249. The fourth-order valence-electron chi connectivity index (χ4n) is 1.60. The lowest BCUT2D eigenvalue weighted by Crippen LogP contribution is -2.13. The molecule has 0 saturated heterocycles. The van der Waals surface area contributed by atoms with Gasteiger partial charge in [0.05, 0.1) is 11.3 Å². The maximum atomic E-state index is 13.5. The highest BCUT2D eigenvalue weighted by Crippen LogP contribution is 2.18. The summed E-state index contributed by atoms with van der Waals surface area (Å²) in [6.45, 7) is 0. The van der Waals surface area contributed by atoms with Gasteiger partial charge in [0.15, 0.2) is 0 Å². The van der Waals surface area contributed by atoms with Crippen molar-refractivity contribution < 1.29 is 24.2 Å². The maximum absolute atomic E-state index is 13.5. The molecule has 0 radical (unpaired) electrons. The largest absolute Gasteiger partial charge is 0.508 e. The molecule has 102 valence electrons. The topological polar surface area (TPSA) is 86.6 Å². The van der Waals surface area contributed by atoms with Gasteiger partial charge in [0, 0.05) is 5.56 Å². The molecule has 2 aromatic carbocycles. The number of carbonyl (C=O) groups excluding carboxylic acids is 1. The summed E-state index contributed by atoms with van der Waals surface area (Å²) in [7, 11) is 0. The Labute approximate surface area is 113 Å². The molecule has 2 rings (SSSR count). The monoisotopic (exact) mass is 275 g/mol. The van der Waals surface area contributed by atoms with E-state index in [9.17, 15) is 19.1 Å². The third-order valence-corrected chi connectivity index (χ3v) is 2.57. The maximum Gasteiger partial charge on any atom is 0.335 e. The summed E-state index contributed by atoms with van der Waals surface area (Å²) in [6, 6.07) is 8.60. The first-order chi connectivity index (χ1) is 9.47. The van der Waals surface area contributed by atoms with Crippen LogP contribution < -0.4 is 5.32 Å². The Hall–Kier alpha value is -2.89. The predicted molar refractivity (Wildman–Crippen MR) is 69.4 cm³/mol. The van der Waals surface area contributed by atoms with Crippen molar-refractivity contribution in [2.24, 2.45) is 0 Å². The van der Waals surface area contributed by atoms with Gasteiger partial charge in [0.1, 0.15) is 11.6 Å². The smallest absolute Gasteiger partial charge is 0.335 e. The van der Waals surface area contributed by atoms with Gasteiger partial charge in [-0.2, -0.15) is 0 Å². The Morgan fingerprint density at radius 2 is 1.80 bits per heavy atom. The van der Waals surface area contributed by atoms with Crippen LogP contribution in [0.15, 0.2) is 42.5 Å². The first-order valence-corrected chi connectivity index (χ1v) is 5.60. The third-order valence-electron chi connectivity index (χ3n) is 2.57. The van der Waals surface area contributed by atoms with Gasteiger partial charge in [0.2, 0.25) is 0 Å². The molecular weight excluding hydrogens is 265 g/mol. The number of carboxylic acids is 1. The second kappa shape index (κ2) is 5.40. The van der Waals surface area contributed by atoms with Crippen LogP contribution in [0.1, 0.15) is 20.7 Å². The first-order valence-electron chi connectivity index (χ1n) is 5.60. The fraction of sp³-hybridized carbons (Fsp3) is 0. The van der Waals surface area contributed by atoms with Crippen LogP contribution in [0.5, 0.6) is 5.75 Å². The molecule has 0 fully saturated rings. The molecule has 20 heavy (non-hydrogen) atoms. The normalized spacial score (nSPS) is 10.1. The van der Waals surface area contributed by atoms with E-state index in [1.54, 1.807) is 0 Å². The van der Waals surface area contributed by atoms with Crippen LogP contribution in [0.4, 0.5) is 10.1 Å². The van der Waals surface area contributed by atoms with Gasteiger partial charge < -0.3 is 15.5 Å². The van der Waals surface area contributed by atoms with E-state index in [2.05, 4.69) is 5.32 Å². The van der Waals surface area contributed by atoms with E-state index >= 15 is 0 Å². The number of carbonyl (C=O) groups is 2. The molecule has 0 saturated carbocycles. The van der Waals surface area contributed by atoms with Crippen LogP contribution in [0.3, 0.4) is 0 Å². The van der Waals surface area contributed by atoms with Crippen LogP contribution in [0, 0.1) is 5.82 Å². The minimum atomic E-state index is -1.22. The zero-order chi connectivity index (χ0) is 14.7. The highest BCUT2D eigenvalue weighted by Gasteiger charge is 2.12. The Kier molecular flexibility index (Phi) is 3.65. The number of benzene rings is 2. The highest BCUT2D eigenvalue weighted by molar-refractivity contribution is 6.05. The Balaban J connectivity index is 2.27. The second-order valence-electron chi connectivity index (χ2n) is 4.00. The van der Waals surface area contributed by atoms with Crippen LogP contribution in [0.25, 0.3) is 0 Å². The average molecular weight is 275 g/mol. The van der Waals surface area contributed by atoms with Gasteiger partial charge >= 0.3 is 5.97 Å². The summed E-state index contributed by atoms with van der Waals surface area (Å²) < 4.78 is 13.5. The first kappa shape index (κ1) is 13.5. The molecule has 0 aliphatic heterocycles. The number of hydrogen-bond acceptors (Lipinski definition) is 3. The van der Waals surface area contributed by atoms with Crippen LogP contribution in [-0.4, -0.2) is 22.1 Å². The Morgan fingerprint density at radius 1 is 1.05 bits per heavy atom. The number of rotatable bonds is 3. The van der Waals surface area contributed by atoms with E-state index in [0.717, 1.165) is 18.2 Å². The summed E-state index contributed by atoms with van der Waals surface area (Å²) in [4.78, 5) is 22.7. The molecule has 3 N–H and O–H groups in total. The number of anilines is 1. The molecule has 0 aliphatic rings. The third kappa shape index (κ3) is 2.92. The highest BCUT2D eigenvalue weighted by atomic mass is 19.1.